The van der Waals surface area contributed by atoms with Crippen LogP contribution in [0.3, 0.4) is 0 Å². The van der Waals surface area contributed by atoms with Gasteiger partial charge in [-0.15, -0.1) is 0 Å². The molecule has 2 aliphatic rings. The first-order chi connectivity index (χ1) is 39.6. The average molecular weight is 1150 g/mol. The lowest BCUT2D eigenvalue weighted by Crippen LogP contribution is -2.45. The second-order valence-electron chi connectivity index (χ2n) is 20.3. The molecule has 8 rings (SSSR count). The van der Waals surface area contributed by atoms with Gasteiger partial charge in [-0.05, 0) is 115 Å². The lowest BCUT2D eigenvalue weighted by atomic mass is 9.97. The van der Waals surface area contributed by atoms with Crippen molar-refractivity contribution < 1.29 is 50.3 Å². The number of ketones is 3. The van der Waals surface area contributed by atoms with Crippen LogP contribution in [0.5, 0.6) is 11.6 Å². The minimum absolute atomic E-state index is 0.00988. The number of nitrogens with zero attached hydrogens (tertiary/aromatic N) is 8. The Kier molecular flexibility index (Phi) is 21.7. The molecule has 0 atom stereocenters. The Morgan fingerprint density at radius 3 is 1.77 bits per heavy atom. The number of aryl methyl sites for hydroxylation is 2. The third-order valence-corrected chi connectivity index (χ3v) is 14.5. The molecule has 2 N–H and O–H groups in total. The van der Waals surface area contributed by atoms with E-state index in [-0.39, 0.29) is 78.1 Å². The van der Waals surface area contributed by atoms with E-state index in [0.717, 1.165) is 68.1 Å². The summed E-state index contributed by atoms with van der Waals surface area (Å²) in [6, 6.07) is 21.4. The summed E-state index contributed by atoms with van der Waals surface area (Å²) in [4.78, 5) is 74.5. The molecule has 0 unspecified atom stereocenters. The number of amides is 1. The molecule has 0 spiro atoms. The smallest absolute Gasteiger partial charge is 0.416 e. The number of anilines is 2. The highest BCUT2D eigenvalue weighted by Crippen LogP contribution is 2.36. The van der Waals surface area contributed by atoms with Gasteiger partial charge in [-0.25, -0.2) is 19.9 Å². The van der Waals surface area contributed by atoms with Crippen LogP contribution in [0.25, 0.3) is 0 Å². The van der Waals surface area contributed by atoms with Gasteiger partial charge in [-0.3, -0.25) is 29.0 Å². The number of nitrogens with one attached hydrogen (secondary N) is 2. The van der Waals surface area contributed by atoms with Crippen molar-refractivity contribution in [2.45, 2.75) is 72.4 Å². The van der Waals surface area contributed by atoms with E-state index in [9.17, 15) is 45.5 Å². The van der Waals surface area contributed by atoms with Crippen molar-refractivity contribution in [3.05, 3.63) is 190 Å². The minimum Gasteiger partial charge on any atom is -0.439 e. The van der Waals surface area contributed by atoms with Crippen molar-refractivity contribution in [1.29, 1.82) is 0 Å². The molecule has 2 aromatic heterocycles. The van der Waals surface area contributed by atoms with Gasteiger partial charge in [-0.2, -0.15) is 26.3 Å². The van der Waals surface area contributed by atoms with Crippen molar-refractivity contribution in [3.63, 3.8) is 0 Å². The van der Waals surface area contributed by atoms with Crippen molar-refractivity contribution in [2.24, 2.45) is 0 Å². The van der Waals surface area contributed by atoms with Crippen molar-refractivity contribution >= 4 is 34.8 Å². The van der Waals surface area contributed by atoms with Gasteiger partial charge < -0.3 is 25.2 Å². The van der Waals surface area contributed by atoms with Crippen LogP contribution in [0.4, 0.5) is 37.8 Å². The largest absolute Gasteiger partial charge is 0.439 e. The Hall–Kier alpha value is -7.98. The van der Waals surface area contributed by atoms with Gasteiger partial charge in [0, 0.05) is 107 Å². The van der Waals surface area contributed by atoms with Crippen LogP contribution in [0, 0.1) is 13.8 Å². The Bertz CT molecular complexity index is 3280. The zero-order chi connectivity index (χ0) is 59.8. The summed E-state index contributed by atoms with van der Waals surface area (Å²) < 4.78 is 90.0. The number of piperazine rings is 2. The second kappa shape index (κ2) is 28.8. The van der Waals surface area contributed by atoms with E-state index in [4.69, 9.17) is 4.74 Å². The Labute approximate surface area is 479 Å². The van der Waals surface area contributed by atoms with Crippen molar-refractivity contribution in [3.8, 4) is 11.6 Å². The molecule has 1 amide bonds. The summed E-state index contributed by atoms with van der Waals surface area (Å²) in [6.07, 6.45) is -3.66. The van der Waals surface area contributed by atoms with Gasteiger partial charge in [0.25, 0.3) is 5.91 Å². The molecule has 4 heterocycles. The highest BCUT2D eigenvalue weighted by molar-refractivity contribution is 6.04. The number of allylic oxidation sites excluding steroid dienone is 1. The van der Waals surface area contributed by atoms with E-state index in [1.165, 1.54) is 49.1 Å². The maximum Gasteiger partial charge on any atom is 0.416 e. The monoisotopic (exact) mass is 1150 g/mol. The predicted molar refractivity (Wildman–Crippen MR) is 306 cm³/mol. The quantitative estimate of drug-likeness (QED) is 0.0375. The number of rotatable bonds is 22. The maximum absolute atomic E-state index is 14.0. The number of alkyl halides is 6. The number of aromatic nitrogens is 4. The van der Waals surface area contributed by atoms with Crippen LogP contribution in [0.15, 0.2) is 123 Å². The van der Waals surface area contributed by atoms with Crippen LogP contribution in [-0.2, 0) is 54.3 Å². The Morgan fingerprint density at radius 1 is 0.590 bits per heavy atom. The molecule has 4 aromatic carbocycles. The van der Waals surface area contributed by atoms with Crippen LogP contribution >= 0.6 is 0 Å². The van der Waals surface area contributed by atoms with Gasteiger partial charge in [-0.1, -0.05) is 63.4 Å². The summed E-state index contributed by atoms with van der Waals surface area (Å²) >= 11 is 0. The molecule has 21 heteroatoms. The van der Waals surface area contributed by atoms with Gasteiger partial charge in [0.05, 0.1) is 29.8 Å². The minimum atomic E-state index is -4.55. The van der Waals surface area contributed by atoms with Crippen molar-refractivity contribution in [2.75, 3.05) is 82.6 Å². The molecule has 0 radical (unpaired) electrons. The number of likely N-dealkylation sites (N-methyl/N-ethyl adjacent to an activating group) is 2. The molecular formula is C62H68F6N10O5. The summed E-state index contributed by atoms with van der Waals surface area (Å²) in [5.74, 6) is -0.295. The fourth-order valence-corrected chi connectivity index (χ4v) is 9.52. The second-order valence-corrected chi connectivity index (χ2v) is 20.3. The first-order valence-electron chi connectivity index (χ1n) is 27.3. The fourth-order valence-electron chi connectivity index (χ4n) is 9.52. The van der Waals surface area contributed by atoms with Crippen LogP contribution in [0.1, 0.15) is 90.5 Å². The number of carbonyl (C=O) groups excluding carboxylic acids is 4. The van der Waals surface area contributed by atoms with E-state index in [1.54, 1.807) is 55.5 Å². The molecule has 6 aromatic rings. The zero-order valence-electron chi connectivity index (χ0n) is 47.0. The molecule has 0 aliphatic carbocycles. The van der Waals surface area contributed by atoms with Crippen molar-refractivity contribution in [1.82, 2.24) is 39.5 Å². The molecule has 83 heavy (non-hydrogen) atoms. The summed E-state index contributed by atoms with van der Waals surface area (Å²) in [6.45, 7) is 23.2. The fraction of sp³-hybridized carbons (Fsp3) is 0.355. The summed E-state index contributed by atoms with van der Waals surface area (Å²) in [5, 5.41) is 5.48. The summed E-state index contributed by atoms with van der Waals surface area (Å²) in [5.41, 5.74) is 3.65. The van der Waals surface area contributed by atoms with Crippen LogP contribution in [0.2, 0.25) is 0 Å². The third-order valence-electron chi connectivity index (χ3n) is 14.5. The Balaban J connectivity index is 0.000000239. The molecule has 2 aliphatic heterocycles. The van der Waals surface area contributed by atoms with Gasteiger partial charge >= 0.3 is 12.4 Å². The highest BCUT2D eigenvalue weighted by Gasteiger charge is 2.36. The van der Waals surface area contributed by atoms with Gasteiger partial charge in [0.1, 0.15) is 24.2 Å². The lowest BCUT2D eigenvalue weighted by molar-refractivity contribution is -0.139. The number of Topliss-reactive ketones (excluding diaryl/α,β-unsaturated/α-hetero) is 1. The van der Waals surface area contributed by atoms with E-state index in [1.807, 2.05) is 16.7 Å². The van der Waals surface area contributed by atoms with E-state index < -0.39 is 29.4 Å². The number of halogens is 6. The van der Waals surface area contributed by atoms with E-state index in [2.05, 4.69) is 67.4 Å². The molecular weight excluding hydrogens is 1080 g/mol. The molecule has 0 bridgehead atoms. The highest BCUT2D eigenvalue weighted by atomic mass is 19.4. The molecule has 15 nitrogen and oxygen atoms in total. The standard InChI is InChI=1S/C31H34F3N5O3.C31H34F3N5O2/c1-4-25(40)18-35-29-17-30(37-20-36-29)42-28-16-23(8-6-21(28)3)27(41)15-22-7-9-24(26(14-22)31(32,33)34)19-39-12-10-38(5-2)11-13-39;1-4-28(40)17-27-16-26(35-20-36-27)15-24-14-22(7-6-21(24)3)30(41)37-25-9-8-23(29(18-25)31(32,33)34)19-39-12-10-38(5-2)11-13-39/h4,6-9,14,16-17,20H,1,5,10-13,15,18-19H2,2-3H3,(H,35,36,37);4,6-9,14,16,18,20H,1,5,10-13,15,17,19H2,2-3H3,(H,37,41). The Morgan fingerprint density at radius 2 is 1.16 bits per heavy atom. The topological polar surface area (TPSA) is 166 Å². The summed E-state index contributed by atoms with van der Waals surface area (Å²) in [7, 11) is 0. The lowest BCUT2D eigenvalue weighted by Gasteiger charge is -2.34. The van der Waals surface area contributed by atoms with E-state index >= 15 is 0 Å². The molecule has 438 valence electrons. The molecule has 0 saturated carbocycles. The SMILES string of the molecule is C=CC(=O)CNc1cc(Oc2cc(C(=O)Cc3ccc(CN4CCN(CC)CC4)c(C(F)(F)F)c3)ccc2C)ncn1.C=CC(=O)Cc1cc(Cc2cc(C(=O)Nc3ccc(CN4CCN(CC)CC4)c(C(F)(F)F)c3)ccc2C)ncn1. The zero-order valence-corrected chi connectivity index (χ0v) is 47.0. The average Bonchev–Trinajstić information content (AvgIpc) is 3.62. The number of hydrogen-bond acceptors (Lipinski definition) is 14. The van der Waals surface area contributed by atoms with Crippen LogP contribution in [-0.4, -0.2) is 135 Å². The third kappa shape index (κ3) is 18.3. The molecule has 2 saturated heterocycles. The number of ether oxygens (including phenoxy) is 1. The van der Waals surface area contributed by atoms with E-state index in [0.29, 0.717) is 66.7 Å². The first-order valence-corrected chi connectivity index (χ1v) is 27.3. The number of hydrogen-bond donors (Lipinski definition) is 2. The van der Waals surface area contributed by atoms with Gasteiger partial charge in [0.2, 0.25) is 5.88 Å². The van der Waals surface area contributed by atoms with Crippen LogP contribution < -0.4 is 15.4 Å². The number of carbonyl (C=O) groups is 4. The normalized spacial score (nSPS) is 14.5. The first kappa shape index (κ1) is 62.6. The van der Waals surface area contributed by atoms with Gasteiger partial charge in [0.15, 0.2) is 17.3 Å². The number of benzene rings is 4. The maximum atomic E-state index is 14.0. The molecule has 2 fully saturated rings. The predicted octanol–water partition coefficient (Wildman–Crippen LogP) is 10.4.